The molecule has 0 saturated carbocycles. The number of furan rings is 1. The average Bonchev–Trinajstić information content (AvgIpc) is 2.79. The lowest BCUT2D eigenvalue weighted by atomic mass is 9.98. The lowest BCUT2D eigenvalue weighted by Crippen LogP contribution is -2.17. The van der Waals surface area contributed by atoms with Gasteiger partial charge in [0.2, 0.25) is 0 Å². The van der Waals surface area contributed by atoms with Crippen molar-refractivity contribution in [2.45, 2.75) is 20.8 Å². The molecule has 2 aromatic rings. The fourth-order valence-electron chi connectivity index (χ4n) is 1.57. The second-order valence-corrected chi connectivity index (χ2v) is 5.44. The molecule has 0 fully saturated rings. The summed E-state index contributed by atoms with van der Waals surface area (Å²) in [6.45, 7) is 6.57. The summed E-state index contributed by atoms with van der Waals surface area (Å²) in [6, 6.07) is 8.40. The summed E-state index contributed by atoms with van der Waals surface area (Å²) in [5, 5.41) is 0. The third-order valence-corrected chi connectivity index (χ3v) is 2.40. The van der Waals surface area contributed by atoms with Crippen molar-refractivity contribution in [2.75, 3.05) is 6.61 Å². The SMILES string of the molecule is CC(C)(C)COc1c(F)cccc1-c1ccco1. The van der Waals surface area contributed by atoms with Crippen LogP contribution in [0.25, 0.3) is 11.3 Å². The van der Waals surface area contributed by atoms with E-state index in [9.17, 15) is 4.39 Å². The van der Waals surface area contributed by atoms with Crippen LogP contribution in [0.2, 0.25) is 0 Å². The molecule has 0 aliphatic carbocycles. The molecule has 3 heteroatoms. The van der Waals surface area contributed by atoms with Crippen LogP contribution in [0.5, 0.6) is 5.75 Å². The van der Waals surface area contributed by atoms with Crippen LogP contribution in [0.15, 0.2) is 41.0 Å². The van der Waals surface area contributed by atoms with Gasteiger partial charge >= 0.3 is 0 Å². The summed E-state index contributed by atoms with van der Waals surface area (Å²) in [4.78, 5) is 0. The van der Waals surface area contributed by atoms with E-state index >= 15 is 0 Å². The van der Waals surface area contributed by atoms with Gasteiger partial charge < -0.3 is 9.15 Å². The zero-order valence-corrected chi connectivity index (χ0v) is 10.9. The molecule has 96 valence electrons. The van der Waals surface area contributed by atoms with Crippen molar-refractivity contribution in [1.82, 2.24) is 0 Å². The van der Waals surface area contributed by atoms with Gasteiger partial charge in [-0.05, 0) is 29.7 Å². The highest BCUT2D eigenvalue weighted by molar-refractivity contribution is 5.65. The van der Waals surface area contributed by atoms with Gasteiger partial charge in [-0.15, -0.1) is 0 Å². The van der Waals surface area contributed by atoms with E-state index in [2.05, 4.69) is 0 Å². The molecule has 0 aliphatic rings. The van der Waals surface area contributed by atoms with Crippen molar-refractivity contribution < 1.29 is 13.5 Å². The normalized spacial score (nSPS) is 11.6. The molecule has 0 bridgehead atoms. The molecule has 1 aromatic carbocycles. The maximum Gasteiger partial charge on any atom is 0.165 e. The molecule has 2 nitrogen and oxygen atoms in total. The smallest absolute Gasteiger partial charge is 0.165 e. The number of rotatable bonds is 3. The Morgan fingerprint density at radius 1 is 1.17 bits per heavy atom. The number of benzene rings is 1. The van der Waals surface area contributed by atoms with E-state index in [-0.39, 0.29) is 17.0 Å². The fraction of sp³-hybridized carbons (Fsp3) is 0.333. The Kier molecular flexibility index (Phi) is 3.41. The van der Waals surface area contributed by atoms with Crippen LogP contribution in [-0.4, -0.2) is 6.61 Å². The molecule has 0 amide bonds. The molecule has 18 heavy (non-hydrogen) atoms. The van der Waals surface area contributed by atoms with Gasteiger partial charge in [0.25, 0.3) is 0 Å². The zero-order valence-electron chi connectivity index (χ0n) is 10.9. The van der Waals surface area contributed by atoms with Crippen molar-refractivity contribution in [3.63, 3.8) is 0 Å². The first-order chi connectivity index (χ1) is 8.47. The Morgan fingerprint density at radius 2 is 1.94 bits per heavy atom. The maximum atomic E-state index is 13.9. The molecule has 0 aliphatic heterocycles. The largest absolute Gasteiger partial charge is 0.489 e. The first-order valence-electron chi connectivity index (χ1n) is 5.92. The molecule has 1 aromatic heterocycles. The molecular weight excluding hydrogens is 231 g/mol. The van der Waals surface area contributed by atoms with Crippen LogP contribution in [-0.2, 0) is 0 Å². The minimum Gasteiger partial charge on any atom is -0.489 e. The number of ether oxygens (including phenoxy) is 1. The molecule has 0 radical (unpaired) electrons. The highest BCUT2D eigenvalue weighted by Crippen LogP contribution is 2.33. The summed E-state index contributed by atoms with van der Waals surface area (Å²) in [5.74, 6) is 0.494. The van der Waals surface area contributed by atoms with Gasteiger partial charge in [0, 0.05) is 0 Å². The highest BCUT2D eigenvalue weighted by Gasteiger charge is 2.17. The van der Waals surface area contributed by atoms with Gasteiger partial charge in [0.05, 0.1) is 18.4 Å². The molecule has 2 rings (SSSR count). The predicted molar refractivity (Wildman–Crippen MR) is 69.1 cm³/mol. The first-order valence-corrected chi connectivity index (χ1v) is 5.92. The summed E-state index contributed by atoms with van der Waals surface area (Å²) in [7, 11) is 0. The molecular formula is C15H17FO2. The van der Waals surface area contributed by atoms with Crippen LogP contribution < -0.4 is 4.74 Å². The molecule has 0 unspecified atom stereocenters. The van der Waals surface area contributed by atoms with E-state index in [1.807, 2.05) is 20.8 Å². The van der Waals surface area contributed by atoms with E-state index in [0.717, 1.165) is 0 Å². The Balaban J connectivity index is 2.33. The van der Waals surface area contributed by atoms with Crippen LogP contribution in [0.4, 0.5) is 4.39 Å². The van der Waals surface area contributed by atoms with Gasteiger partial charge in [0.1, 0.15) is 5.76 Å². The van der Waals surface area contributed by atoms with Crippen LogP contribution in [0.3, 0.4) is 0 Å². The Morgan fingerprint density at radius 3 is 2.56 bits per heavy atom. The minimum atomic E-state index is -0.367. The lowest BCUT2D eigenvalue weighted by Gasteiger charge is -2.20. The Labute approximate surface area is 106 Å². The molecule has 0 spiro atoms. The molecule has 0 atom stereocenters. The van der Waals surface area contributed by atoms with Crippen LogP contribution in [0.1, 0.15) is 20.8 Å². The van der Waals surface area contributed by atoms with Gasteiger partial charge in [0.15, 0.2) is 11.6 Å². The third-order valence-electron chi connectivity index (χ3n) is 2.40. The van der Waals surface area contributed by atoms with Crippen molar-refractivity contribution in [3.8, 4) is 17.1 Å². The van der Waals surface area contributed by atoms with Crippen molar-refractivity contribution in [2.24, 2.45) is 5.41 Å². The molecule has 0 saturated heterocycles. The van der Waals surface area contributed by atoms with Gasteiger partial charge in [-0.25, -0.2) is 4.39 Å². The summed E-state index contributed by atoms with van der Waals surface area (Å²) >= 11 is 0. The van der Waals surface area contributed by atoms with E-state index < -0.39 is 0 Å². The van der Waals surface area contributed by atoms with Crippen molar-refractivity contribution in [3.05, 3.63) is 42.4 Å². The molecule has 0 N–H and O–H groups in total. The lowest BCUT2D eigenvalue weighted by molar-refractivity contribution is 0.191. The van der Waals surface area contributed by atoms with E-state index in [1.54, 1.807) is 30.5 Å². The number of halogens is 1. The topological polar surface area (TPSA) is 22.4 Å². The Bertz CT molecular complexity index is 510. The maximum absolute atomic E-state index is 13.9. The van der Waals surface area contributed by atoms with Gasteiger partial charge in [-0.1, -0.05) is 26.8 Å². The van der Waals surface area contributed by atoms with Crippen LogP contribution >= 0.6 is 0 Å². The second-order valence-electron chi connectivity index (χ2n) is 5.44. The quantitative estimate of drug-likeness (QED) is 0.797. The number of para-hydroxylation sites is 1. The fourth-order valence-corrected chi connectivity index (χ4v) is 1.57. The van der Waals surface area contributed by atoms with Crippen molar-refractivity contribution >= 4 is 0 Å². The average molecular weight is 248 g/mol. The summed E-state index contributed by atoms with van der Waals surface area (Å²) < 4.78 is 24.8. The number of hydrogen-bond acceptors (Lipinski definition) is 2. The summed E-state index contributed by atoms with van der Waals surface area (Å²) in [5.41, 5.74) is 0.618. The summed E-state index contributed by atoms with van der Waals surface area (Å²) in [6.07, 6.45) is 1.56. The first kappa shape index (κ1) is 12.7. The van der Waals surface area contributed by atoms with Gasteiger partial charge in [-0.2, -0.15) is 0 Å². The minimum absolute atomic E-state index is 0.0251. The van der Waals surface area contributed by atoms with E-state index in [1.165, 1.54) is 6.07 Å². The van der Waals surface area contributed by atoms with Gasteiger partial charge in [-0.3, -0.25) is 0 Å². The predicted octanol–water partition coefficient (Wildman–Crippen LogP) is 4.51. The zero-order chi connectivity index (χ0) is 13.2. The van der Waals surface area contributed by atoms with E-state index in [0.29, 0.717) is 17.9 Å². The third kappa shape index (κ3) is 2.92. The second kappa shape index (κ2) is 4.84. The van der Waals surface area contributed by atoms with Crippen molar-refractivity contribution in [1.29, 1.82) is 0 Å². The standard InChI is InChI=1S/C15H17FO2/c1-15(2,3)10-18-14-11(6-4-7-12(14)16)13-8-5-9-17-13/h4-9H,10H2,1-3H3. The van der Waals surface area contributed by atoms with E-state index in [4.69, 9.17) is 9.15 Å². The molecule has 1 heterocycles. The monoisotopic (exact) mass is 248 g/mol. The number of hydrogen-bond donors (Lipinski definition) is 0. The van der Waals surface area contributed by atoms with Crippen LogP contribution in [0, 0.1) is 11.2 Å². The Hall–Kier alpha value is -1.77. The highest BCUT2D eigenvalue weighted by atomic mass is 19.1.